The van der Waals surface area contributed by atoms with Crippen LogP contribution in [0.15, 0.2) is 16.9 Å². The van der Waals surface area contributed by atoms with Crippen LogP contribution in [0.2, 0.25) is 0 Å². The van der Waals surface area contributed by atoms with Crippen LogP contribution >= 0.6 is 0 Å². The summed E-state index contributed by atoms with van der Waals surface area (Å²) in [4.78, 5) is 11.1. The van der Waals surface area contributed by atoms with Crippen LogP contribution in [-0.4, -0.2) is 11.1 Å². The summed E-state index contributed by atoms with van der Waals surface area (Å²) in [7, 11) is 0. The van der Waals surface area contributed by atoms with Gasteiger partial charge >= 0.3 is 0 Å². The van der Waals surface area contributed by atoms with E-state index in [-0.39, 0.29) is 5.91 Å². The first-order valence-corrected chi connectivity index (χ1v) is 3.88. The van der Waals surface area contributed by atoms with E-state index in [4.69, 9.17) is 0 Å². The van der Waals surface area contributed by atoms with E-state index in [1.54, 1.807) is 6.07 Å². The number of carbonyl (C=O) groups excluding carboxylic acids is 1. The predicted octanol–water partition coefficient (Wildman–Crippen LogP) is 1.66. The molecular formula is C8H12N2O2. The van der Waals surface area contributed by atoms with E-state index in [1.165, 1.54) is 6.26 Å². The van der Waals surface area contributed by atoms with Gasteiger partial charge in [0.2, 0.25) is 5.91 Å². The second kappa shape index (κ2) is 3.90. The van der Waals surface area contributed by atoms with Gasteiger partial charge in [-0.3, -0.25) is 4.79 Å². The highest BCUT2D eigenvalue weighted by molar-refractivity contribution is 5.89. The van der Waals surface area contributed by atoms with Crippen molar-refractivity contribution in [1.29, 1.82) is 0 Å². The fourth-order valence-corrected chi connectivity index (χ4v) is 0.842. The number of nitrogens with zero attached hydrogens (tertiary/aromatic N) is 1. The quantitative estimate of drug-likeness (QED) is 0.746. The van der Waals surface area contributed by atoms with Crippen LogP contribution < -0.4 is 5.32 Å². The first-order valence-electron chi connectivity index (χ1n) is 3.88. The molecule has 1 aromatic rings. The molecule has 0 saturated carbocycles. The van der Waals surface area contributed by atoms with Crippen LogP contribution in [0, 0.1) is 5.92 Å². The van der Waals surface area contributed by atoms with Gasteiger partial charge in [-0.2, -0.15) is 0 Å². The number of aromatic nitrogens is 1. The van der Waals surface area contributed by atoms with Gasteiger partial charge in [-0.25, -0.2) is 0 Å². The summed E-state index contributed by atoms with van der Waals surface area (Å²) < 4.78 is 4.56. The van der Waals surface area contributed by atoms with E-state index in [9.17, 15) is 4.79 Å². The third-order valence-corrected chi connectivity index (χ3v) is 1.30. The van der Waals surface area contributed by atoms with Crippen LogP contribution in [0.5, 0.6) is 0 Å². The number of hydrogen-bond donors (Lipinski definition) is 1. The molecule has 1 N–H and O–H groups in total. The van der Waals surface area contributed by atoms with Gasteiger partial charge in [-0.15, -0.1) is 0 Å². The maximum atomic E-state index is 11.1. The Morgan fingerprint density at radius 2 is 2.50 bits per heavy atom. The van der Waals surface area contributed by atoms with Crippen LogP contribution in [0.25, 0.3) is 0 Å². The van der Waals surface area contributed by atoms with Crippen molar-refractivity contribution >= 4 is 11.7 Å². The Hall–Kier alpha value is -1.32. The van der Waals surface area contributed by atoms with Crippen molar-refractivity contribution in [2.24, 2.45) is 5.92 Å². The number of rotatable bonds is 3. The normalized spacial score (nSPS) is 10.2. The Balaban J connectivity index is 2.37. The Kier molecular flexibility index (Phi) is 2.85. The second-order valence-corrected chi connectivity index (χ2v) is 3.03. The van der Waals surface area contributed by atoms with Crippen molar-refractivity contribution < 1.29 is 9.32 Å². The minimum absolute atomic E-state index is 0.0288. The van der Waals surface area contributed by atoms with Gasteiger partial charge in [0.25, 0.3) is 0 Å². The summed E-state index contributed by atoms with van der Waals surface area (Å²) in [6, 6.07) is 1.61. The van der Waals surface area contributed by atoms with Crippen molar-refractivity contribution in [1.82, 2.24) is 5.16 Å². The highest BCUT2D eigenvalue weighted by Crippen LogP contribution is 2.05. The average molecular weight is 168 g/mol. The van der Waals surface area contributed by atoms with Crippen LogP contribution in [-0.2, 0) is 4.79 Å². The summed E-state index contributed by atoms with van der Waals surface area (Å²) in [5.41, 5.74) is 0. The monoisotopic (exact) mass is 168 g/mol. The summed E-state index contributed by atoms with van der Waals surface area (Å²) in [6.45, 7) is 3.98. The van der Waals surface area contributed by atoms with E-state index in [2.05, 4.69) is 15.0 Å². The van der Waals surface area contributed by atoms with Gasteiger partial charge < -0.3 is 9.84 Å². The van der Waals surface area contributed by atoms with Crippen molar-refractivity contribution in [2.75, 3.05) is 5.32 Å². The first kappa shape index (κ1) is 8.77. The molecule has 0 aliphatic heterocycles. The van der Waals surface area contributed by atoms with Gasteiger partial charge in [0, 0.05) is 12.5 Å². The van der Waals surface area contributed by atoms with Crippen molar-refractivity contribution in [3.8, 4) is 0 Å². The zero-order valence-corrected chi connectivity index (χ0v) is 7.20. The molecule has 0 spiro atoms. The molecule has 0 aliphatic carbocycles. The summed E-state index contributed by atoms with van der Waals surface area (Å²) in [6.07, 6.45) is 1.93. The van der Waals surface area contributed by atoms with Gasteiger partial charge in [0.1, 0.15) is 6.26 Å². The molecule has 0 aromatic carbocycles. The third kappa shape index (κ3) is 2.74. The lowest BCUT2D eigenvalue weighted by molar-refractivity contribution is -0.116. The zero-order valence-electron chi connectivity index (χ0n) is 7.20. The van der Waals surface area contributed by atoms with E-state index in [1.807, 2.05) is 13.8 Å². The zero-order chi connectivity index (χ0) is 8.97. The van der Waals surface area contributed by atoms with Crippen LogP contribution in [0.1, 0.15) is 20.3 Å². The van der Waals surface area contributed by atoms with Crippen LogP contribution in [0.3, 0.4) is 0 Å². The highest BCUT2D eigenvalue weighted by Gasteiger charge is 2.05. The average Bonchev–Trinajstić information content (AvgIpc) is 2.37. The molecule has 1 amide bonds. The smallest absolute Gasteiger partial charge is 0.225 e. The van der Waals surface area contributed by atoms with E-state index >= 15 is 0 Å². The molecule has 0 bridgehead atoms. The van der Waals surface area contributed by atoms with E-state index in [0.29, 0.717) is 18.2 Å². The van der Waals surface area contributed by atoms with Gasteiger partial charge in [0.05, 0.1) is 0 Å². The summed E-state index contributed by atoms with van der Waals surface area (Å²) >= 11 is 0. The molecule has 0 unspecified atom stereocenters. The SMILES string of the molecule is CC(C)CC(=O)Nc1ccon1. The maximum Gasteiger partial charge on any atom is 0.225 e. The third-order valence-electron chi connectivity index (χ3n) is 1.30. The van der Waals surface area contributed by atoms with Crippen molar-refractivity contribution in [3.63, 3.8) is 0 Å². The molecule has 12 heavy (non-hydrogen) atoms. The number of carbonyl (C=O) groups is 1. The summed E-state index contributed by atoms with van der Waals surface area (Å²) in [5.74, 6) is 0.802. The molecule has 0 radical (unpaired) electrons. The Bertz CT molecular complexity index is 242. The lowest BCUT2D eigenvalue weighted by Crippen LogP contribution is -2.13. The Labute approximate surface area is 70.9 Å². The molecular weight excluding hydrogens is 156 g/mol. The second-order valence-electron chi connectivity index (χ2n) is 3.03. The van der Waals surface area contributed by atoms with Gasteiger partial charge in [-0.1, -0.05) is 19.0 Å². The fourth-order valence-electron chi connectivity index (χ4n) is 0.842. The first-order chi connectivity index (χ1) is 5.68. The number of nitrogens with one attached hydrogen (secondary N) is 1. The maximum absolute atomic E-state index is 11.1. The number of hydrogen-bond acceptors (Lipinski definition) is 3. The molecule has 4 nitrogen and oxygen atoms in total. The molecule has 66 valence electrons. The lowest BCUT2D eigenvalue weighted by Gasteiger charge is -2.02. The number of amides is 1. The molecule has 0 atom stereocenters. The molecule has 1 heterocycles. The van der Waals surface area contributed by atoms with Gasteiger partial charge in [0.15, 0.2) is 5.82 Å². The van der Waals surface area contributed by atoms with Gasteiger partial charge in [-0.05, 0) is 5.92 Å². The molecule has 1 aromatic heterocycles. The summed E-state index contributed by atoms with van der Waals surface area (Å²) in [5, 5.41) is 6.17. The molecule has 0 saturated heterocycles. The Morgan fingerprint density at radius 1 is 1.75 bits per heavy atom. The van der Waals surface area contributed by atoms with Crippen molar-refractivity contribution in [2.45, 2.75) is 20.3 Å². The van der Waals surface area contributed by atoms with Crippen molar-refractivity contribution in [3.05, 3.63) is 12.3 Å². The molecule has 0 fully saturated rings. The van der Waals surface area contributed by atoms with Crippen LogP contribution in [0.4, 0.5) is 5.82 Å². The molecule has 0 aliphatic rings. The standard InChI is InChI=1S/C8H12N2O2/c1-6(2)5-8(11)9-7-3-4-12-10-7/h3-4,6H,5H2,1-2H3,(H,9,10,11). The molecule has 4 heteroatoms. The minimum atomic E-state index is -0.0288. The topological polar surface area (TPSA) is 55.1 Å². The van der Waals surface area contributed by atoms with E-state index in [0.717, 1.165) is 0 Å². The highest BCUT2D eigenvalue weighted by atomic mass is 16.5. The Morgan fingerprint density at radius 3 is 3.00 bits per heavy atom. The fraction of sp³-hybridized carbons (Fsp3) is 0.500. The molecule has 1 rings (SSSR count). The van der Waals surface area contributed by atoms with E-state index < -0.39 is 0 Å². The minimum Gasteiger partial charge on any atom is -0.363 e. The lowest BCUT2D eigenvalue weighted by atomic mass is 10.1. The predicted molar refractivity (Wildman–Crippen MR) is 44.6 cm³/mol. The largest absolute Gasteiger partial charge is 0.363 e. The number of anilines is 1.